The molecule has 0 aliphatic heterocycles. The first-order valence-electron chi connectivity index (χ1n) is 7.65. The summed E-state index contributed by atoms with van der Waals surface area (Å²) in [6.07, 6.45) is 3.38. The van der Waals surface area contributed by atoms with Crippen molar-refractivity contribution in [2.75, 3.05) is 0 Å². The number of imidazole rings is 1. The number of nitrogens with zero attached hydrogens (tertiary/aromatic N) is 2. The molecule has 1 heterocycles. The summed E-state index contributed by atoms with van der Waals surface area (Å²) < 4.78 is 2.17. The smallest absolute Gasteiger partial charge is 0.337 e. The van der Waals surface area contributed by atoms with Gasteiger partial charge in [0.05, 0.1) is 16.6 Å². The zero-order chi connectivity index (χ0) is 15.2. The summed E-state index contributed by atoms with van der Waals surface area (Å²) in [5.41, 5.74) is 2.08. The molecule has 0 radical (unpaired) electrons. The number of carboxylic acid groups (broad SMARTS) is 1. The van der Waals surface area contributed by atoms with Gasteiger partial charge in [0.1, 0.15) is 5.82 Å². The van der Waals surface area contributed by atoms with E-state index in [4.69, 9.17) is 4.98 Å². The highest BCUT2D eigenvalue weighted by Crippen LogP contribution is 2.42. The molecule has 1 aromatic heterocycles. The highest BCUT2D eigenvalue weighted by atomic mass is 16.4. The van der Waals surface area contributed by atoms with Crippen molar-refractivity contribution in [2.24, 2.45) is 5.41 Å². The third kappa shape index (κ3) is 2.55. The predicted molar refractivity (Wildman–Crippen MR) is 82.7 cm³/mol. The third-order valence-electron chi connectivity index (χ3n) is 4.51. The second-order valence-corrected chi connectivity index (χ2v) is 6.83. The number of aromatic nitrogens is 2. The molecule has 1 aromatic carbocycles. The molecule has 0 unspecified atom stereocenters. The van der Waals surface area contributed by atoms with E-state index in [9.17, 15) is 9.90 Å². The van der Waals surface area contributed by atoms with E-state index in [0.717, 1.165) is 42.7 Å². The zero-order valence-corrected chi connectivity index (χ0v) is 12.9. The van der Waals surface area contributed by atoms with Crippen molar-refractivity contribution in [3.05, 3.63) is 29.6 Å². The summed E-state index contributed by atoms with van der Waals surface area (Å²) in [6.45, 7) is 7.43. The fourth-order valence-corrected chi connectivity index (χ4v) is 2.73. The van der Waals surface area contributed by atoms with Crippen molar-refractivity contribution in [3.63, 3.8) is 0 Å². The van der Waals surface area contributed by atoms with Crippen LogP contribution in [-0.2, 0) is 6.54 Å². The van der Waals surface area contributed by atoms with Crippen molar-refractivity contribution < 1.29 is 9.90 Å². The predicted octanol–water partition coefficient (Wildman–Crippen LogP) is 4.05. The third-order valence-corrected chi connectivity index (χ3v) is 4.51. The number of fused-ring (bicyclic) bond motifs is 1. The Morgan fingerprint density at radius 1 is 1.43 bits per heavy atom. The summed E-state index contributed by atoms with van der Waals surface area (Å²) in [5.74, 6) is 0.699. The first-order valence-corrected chi connectivity index (χ1v) is 7.65. The molecule has 2 aromatic rings. The number of aromatic carboxylic acids is 1. The van der Waals surface area contributed by atoms with Crippen LogP contribution >= 0.6 is 0 Å². The maximum atomic E-state index is 11.6. The second-order valence-electron chi connectivity index (χ2n) is 6.83. The molecular weight excluding hydrogens is 264 g/mol. The lowest BCUT2D eigenvalue weighted by Gasteiger charge is -2.25. The molecule has 1 fully saturated rings. The maximum Gasteiger partial charge on any atom is 0.337 e. The molecular formula is C17H22N2O2. The van der Waals surface area contributed by atoms with Crippen LogP contribution in [-0.4, -0.2) is 20.6 Å². The normalized spacial score (nSPS) is 15.6. The van der Waals surface area contributed by atoms with Crippen LogP contribution in [0.4, 0.5) is 0 Å². The van der Waals surface area contributed by atoms with Crippen molar-refractivity contribution >= 4 is 17.0 Å². The van der Waals surface area contributed by atoms with Crippen LogP contribution in [0.15, 0.2) is 18.2 Å². The zero-order valence-electron chi connectivity index (χ0n) is 12.9. The van der Waals surface area contributed by atoms with E-state index in [1.54, 1.807) is 12.1 Å². The number of carboxylic acids is 1. The highest BCUT2D eigenvalue weighted by Gasteiger charge is 2.32. The fraction of sp³-hybridized carbons (Fsp3) is 0.529. The van der Waals surface area contributed by atoms with Gasteiger partial charge in [0.2, 0.25) is 0 Å². The standard InChI is InChI=1S/C17H22N2O2/c1-4-17(2,3)10-19-14-12(16(20)21)6-5-7-13(14)18-15(19)11-8-9-11/h5-7,11H,4,8-10H2,1-3H3,(H,20,21). The number of para-hydroxylation sites is 1. The number of hydrogen-bond donors (Lipinski definition) is 1. The number of carbonyl (C=O) groups is 1. The molecule has 0 bridgehead atoms. The van der Waals surface area contributed by atoms with E-state index >= 15 is 0 Å². The van der Waals surface area contributed by atoms with Crippen LogP contribution < -0.4 is 0 Å². The van der Waals surface area contributed by atoms with Crippen LogP contribution in [0.5, 0.6) is 0 Å². The van der Waals surface area contributed by atoms with Crippen LogP contribution in [0, 0.1) is 5.41 Å². The SMILES string of the molecule is CCC(C)(C)Cn1c(C2CC2)nc2cccc(C(=O)O)c21. The average Bonchev–Trinajstić information content (AvgIpc) is 3.22. The lowest BCUT2D eigenvalue weighted by Crippen LogP contribution is -2.20. The molecule has 3 rings (SSSR count). The van der Waals surface area contributed by atoms with Gasteiger partial charge >= 0.3 is 5.97 Å². The van der Waals surface area contributed by atoms with Crippen LogP contribution in [0.25, 0.3) is 11.0 Å². The molecule has 0 amide bonds. The summed E-state index contributed by atoms with van der Waals surface area (Å²) in [6, 6.07) is 5.38. The first kappa shape index (κ1) is 14.1. The van der Waals surface area contributed by atoms with E-state index in [-0.39, 0.29) is 5.41 Å². The second kappa shape index (κ2) is 4.86. The van der Waals surface area contributed by atoms with Crippen molar-refractivity contribution in [2.45, 2.75) is 52.5 Å². The topological polar surface area (TPSA) is 55.1 Å². The molecule has 1 aliphatic rings. The van der Waals surface area contributed by atoms with E-state index in [1.165, 1.54) is 0 Å². The van der Waals surface area contributed by atoms with Gasteiger partial charge in [-0.15, -0.1) is 0 Å². The summed E-state index contributed by atoms with van der Waals surface area (Å²) in [5, 5.41) is 9.49. The van der Waals surface area contributed by atoms with E-state index < -0.39 is 5.97 Å². The Morgan fingerprint density at radius 2 is 2.14 bits per heavy atom. The molecule has 1 aliphatic carbocycles. The lowest BCUT2D eigenvalue weighted by molar-refractivity contribution is 0.0698. The number of hydrogen-bond acceptors (Lipinski definition) is 2. The Kier molecular flexibility index (Phi) is 3.27. The number of benzene rings is 1. The average molecular weight is 286 g/mol. The van der Waals surface area contributed by atoms with E-state index in [0.29, 0.717) is 11.5 Å². The monoisotopic (exact) mass is 286 g/mol. The minimum Gasteiger partial charge on any atom is -0.478 e. The Morgan fingerprint density at radius 3 is 2.71 bits per heavy atom. The molecule has 112 valence electrons. The Labute approximate surface area is 124 Å². The molecule has 4 heteroatoms. The molecule has 21 heavy (non-hydrogen) atoms. The molecule has 0 saturated heterocycles. The van der Waals surface area contributed by atoms with Gasteiger partial charge in [-0.25, -0.2) is 9.78 Å². The maximum absolute atomic E-state index is 11.6. The van der Waals surface area contributed by atoms with E-state index in [2.05, 4.69) is 25.3 Å². The van der Waals surface area contributed by atoms with Gasteiger partial charge in [-0.1, -0.05) is 26.8 Å². The van der Waals surface area contributed by atoms with Gasteiger partial charge in [-0.3, -0.25) is 0 Å². The minimum absolute atomic E-state index is 0.128. The minimum atomic E-state index is -0.876. The highest BCUT2D eigenvalue weighted by molar-refractivity contribution is 6.01. The molecule has 0 spiro atoms. The summed E-state index contributed by atoms with van der Waals surface area (Å²) >= 11 is 0. The van der Waals surface area contributed by atoms with Crippen molar-refractivity contribution in [3.8, 4) is 0 Å². The van der Waals surface area contributed by atoms with Gasteiger partial charge in [0, 0.05) is 12.5 Å². The Balaban J connectivity index is 2.22. The van der Waals surface area contributed by atoms with Gasteiger partial charge in [0.15, 0.2) is 0 Å². The first-order chi connectivity index (χ1) is 9.93. The Hall–Kier alpha value is -1.84. The van der Waals surface area contributed by atoms with Gasteiger partial charge in [0.25, 0.3) is 0 Å². The van der Waals surface area contributed by atoms with Crippen molar-refractivity contribution in [1.82, 2.24) is 9.55 Å². The van der Waals surface area contributed by atoms with Gasteiger partial charge < -0.3 is 9.67 Å². The largest absolute Gasteiger partial charge is 0.478 e. The molecule has 1 N–H and O–H groups in total. The fourth-order valence-electron chi connectivity index (χ4n) is 2.73. The van der Waals surface area contributed by atoms with Crippen LogP contribution in [0.1, 0.15) is 62.1 Å². The van der Waals surface area contributed by atoms with E-state index in [1.807, 2.05) is 6.07 Å². The number of rotatable bonds is 5. The summed E-state index contributed by atoms with van der Waals surface area (Å²) in [4.78, 5) is 16.3. The van der Waals surface area contributed by atoms with Crippen molar-refractivity contribution in [1.29, 1.82) is 0 Å². The lowest BCUT2D eigenvalue weighted by atomic mass is 9.90. The molecule has 4 nitrogen and oxygen atoms in total. The van der Waals surface area contributed by atoms with Gasteiger partial charge in [-0.2, -0.15) is 0 Å². The summed E-state index contributed by atoms with van der Waals surface area (Å²) in [7, 11) is 0. The Bertz CT molecular complexity index is 696. The quantitative estimate of drug-likeness (QED) is 0.902. The van der Waals surface area contributed by atoms with Crippen LogP contribution in [0.3, 0.4) is 0 Å². The van der Waals surface area contributed by atoms with Crippen LogP contribution in [0.2, 0.25) is 0 Å². The van der Waals surface area contributed by atoms with Gasteiger partial charge in [-0.05, 0) is 36.8 Å². The molecule has 1 saturated carbocycles. The molecule has 0 atom stereocenters.